The summed E-state index contributed by atoms with van der Waals surface area (Å²) >= 11 is 0. The molecular weight excluding hydrogens is 398 g/mol. The lowest BCUT2D eigenvalue weighted by molar-refractivity contribution is -0.165. The highest BCUT2D eigenvalue weighted by Crippen LogP contribution is 2.69. The molecule has 3 unspecified atom stereocenters. The van der Waals surface area contributed by atoms with Crippen LogP contribution >= 0.6 is 0 Å². The molecule has 186 valence electrons. The smallest absolute Gasteiger partial charge is 0.0883 e. The third-order valence-corrected chi connectivity index (χ3v) is 11.6. The van der Waals surface area contributed by atoms with Gasteiger partial charge in [-0.3, -0.25) is 0 Å². The Morgan fingerprint density at radius 1 is 1.03 bits per heavy atom. The summed E-state index contributed by atoms with van der Waals surface area (Å²) in [6.45, 7) is 11.7. The summed E-state index contributed by atoms with van der Waals surface area (Å²) in [6, 6.07) is 0. The SMILES string of the molecule is COC[C@]1(O)CC[C@]2(C)C3CC[C@@]4(C)C(CC[C@]4(N)[C@H](C)CCC(C)(C)O)C3CC[C@@H]2C1. The Kier molecular flexibility index (Phi) is 6.40. The summed E-state index contributed by atoms with van der Waals surface area (Å²) in [5.74, 6) is 3.35. The van der Waals surface area contributed by atoms with Gasteiger partial charge in [-0.2, -0.15) is 0 Å². The average Bonchev–Trinajstić information content (AvgIpc) is 2.98. The third kappa shape index (κ3) is 3.89. The molecular formula is C28H51NO3. The highest BCUT2D eigenvalue weighted by Gasteiger charge is 2.65. The number of nitrogens with two attached hydrogens (primary N) is 1. The average molecular weight is 450 g/mol. The third-order valence-electron chi connectivity index (χ3n) is 11.6. The van der Waals surface area contributed by atoms with Crippen molar-refractivity contribution < 1.29 is 14.9 Å². The van der Waals surface area contributed by atoms with Crippen LogP contribution < -0.4 is 5.73 Å². The van der Waals surface area contributed by atoms with E-state index in [1.165, 1.54) is 32.1 Å². The van der Waals surface area contributed by atoms with Crippen molar-refractivity contribution in [2.75, 3.05) is 13.7 Å². The van der Waals surface area contributed by atoms with E-state index in [-0.39, 0.29) is 11.0 Å². The molecule has 4 rings (SSSR count). The van der Waals surface area contributed by atoms with E-state index in [2.05, 4.69) is 20.8 Å². The molecule has 4 heteroatoms. The molecule has 0 heterocycles. The molecule has 0 saturated heterocycles. The van der Waals surface area contributed by atoms with E-state index in [0.717, 1.165) is 56.3 Å². The summed E-state index contributed by atoms with van der Waals surface area (Å²) in [5.41, 5.74) is 6.57. The molecule has 4 aliphatic carbocycles. The van der Waals surface area contributed by atoms with Gasteiger partial charge in [0.05, 0.1) is 17.8 Å². The van der Waals surface area contributed by atoms with Crippen molar-refractivity contribution in [1.82, 2.24) is 0 Å². The molecule has 4 nitrogen and oxygen atoms in total. The van der Waals surface area contributed by atoms with Gasteiger partial charge in [0, 0.05) is 12.6 Å². The maximum atomic E-state index is 11.1. The zero-order valence-corrected chi connectivity index (χ0v) is 21.8. The van der Waals surface area contributed by atoms with Crippen molar-refractivity contribution in [3.63, 3.8) is 0 Å². The van der Waals surface area contributed by atoms with Crippen LogP contribution in [0.15, 0.2) is 0 Å². The van der Waals surface area contributed by atoms with E-state index >= 15 is 0 Å². The lowest BCUT2D eigenvalue weighted by atomic mass is 9.43. The number of fused-ring (bicyclic) bond motifs is 5. The second-order valence-electron chi connectivity index (χ2n) is 13.8. The molecule has 0 spiro atoms. The number of hydrogen-bond acceptors (Lipinski definition) is 4. The first-order valence-corrected chi connectivity index (χ1v) is 13.5. The number of ether oxygens (including phenoxy) is 1. The van der Waals surface area contributed by atoms with Gasteiger partial charge in [-0.1, -0.05) is 20.8 Å². The zero-order chi connectivity index (χ0) is 23.6. The van der Waals surface area contributed by atoms with E-state index in [0.29, 0.717) is 23.9 Å². The Labute approximate surface area is 197 Å². The van der Waals surface area contributed by atoms with Crippen LogP contribution in [-0.2, 0) is 4.74 Å². The predicted octanol–water partition coefficient (Wildman–Crippen LogP) is 5.29. The normalized spacial score (nSPS) is 49.8. The van der Waals surface area contributed by atoms with Crippen LogP contribution in [0.2, 0.25) is 0 Å². The molecule has 0 aliphatic heterocycles. The summed E-state index contributed by atoms with van der Waals surface area (Å²) < 4.78 is 5.38. The van der Waals surface area contributed by atoms with E-state index in [1.54, 1.807) is 7.11 Å². The van der Waals surface area contributed by atoms with E-state index in [9.17, 15) is 10.2 Å². The quantitative estimate of drug-likeness (QED) is 0.515. The van der Waals surface area contributed by atoms with Crippen LogP contribution in [0.5, 0.6) is 0 Å². The van der Waals surface area contributed by atoms with Crippen LogP contribution in [0.4, 0.5) is 0 Å². The van der Waals surface area contributed by atoms with Gasteiger partial charge < -0.3 is 20.7 Å². The Balaban J connectivity index is 1.52. The van der Waals surface area contributed by atoms with Crippen LogP contribution in [0.3, 0.4) is 0 Å². The van der Waals surface area contributed by atoms with Crippen LogP contribution in [0, 0.1) is 40.4 Å². The first kappa shape index (κ1) is 24.9. The van der Waals surface area contributed by atoms with Gasteiger partial charge >= 0.3 is 0 Å². The summed E-state index contributed by atoms with van der Waals surface area (Å²) in [5, 5.41) is 21.4. The van der Waals surface area contributed by atoms with E-state index in [4.69, 9.17) is 10.5 Å². The topological polar surface area (TPSA) is 75.7 Å². The van der Waals surface area contributed by atoms with Gasteiger partial charge in [0.1, 0.15) is 0 Å². The lowest BCUT2D eigenvalue weighted by Gasteiger charge is -2.63. The predicted molar refractivity (Wildman–Crippen MR) is 130 cm³/mol. The monoisotopic (exact) mass is 449 g/mol. The minimum absolute atomic E-state index is 0.114. The van der Waals surface area contributed by atoms with Crippen molar-refractivity contribution >= 4 is 0 Å². The molecule has 0 amide bonds. The highest BCUT2D eigenvalue weighted by atomic mass is 16.5. The standard InChI is InChI=1S/C28H51NO3/c1-19(9-12-24(2,3)30)28(29)14-11-23-21-8-7-20-17-27(31,18-32-6)16-15-25(20,4)22(21)10-13-26(23,28)5/h19-23,30-31H,7-18,29H2,1-6H3/t19-,20-,21?,22?,23?,25+,26+,27+,28+/m1/s1. The Morgan fingerprint density at radius 2 is 1.72 bits per heavy atom. The van der Waals surface area contributed by atoms with Gasteiger partial charge in [-0.15, -0.1) is 0 Å². The minimum atomic E-state index is -0.620. The first-order valence-electron chi connectivity index (χ1n) is 13.5. The maximum Gasteiger partial charge on any atom is 0.0883 e. The van der Waals surface area contributed by atoms with Gasteiger partial charge in [0.15, 0.2) is 0 Å². The number of hydrogen-bond donors (Lipinski definition) is 3. The van der Waals surface area contributed by atoms with E-state index in [1.807, 2.05) is 13.8 Å². The van der Waals surface area contributed by atoms with Crippen LogP contribution in [0.25, 0.3) is 0 Å². The maximum absolute atomic E-state index is 11.1. The second-order valence-corrected chi connectivity index (χ2v) is 13.8. The van der Waals surface area contributed by atoms with Crippen molar-refractivity contribution in [3.05, 3.63) is 0 Å². The van der Waals surface area contributed by atoms with Crippen molar-refractivity contribution in [2.24, 2.45) is 46.2 Å². The van der Waals surface area contributed by atoms with Crippen LogP contribution in [0.1, 0.15) is 105 Å². The van der Waals surface area contributed by atoms with Gasteiger partial charge in [0.2, 0.25) is 0 Å². The summed E-state index contributed by atoms with van der Waals surface area (Å²) in [4.78, 5) is 0. The molecule has 4 fully saturated rings. The lowest BCUT2D eigenvalue weighted by Crippen LogP contribution is -2.62. The van der Waals surface area contributed by atoms with Gasteiger partial charge in [0.25, 0.3) is 0 Å². The number of aliphatic hydroxyl groups is 2. The molecule has 0 aromatic rings. The fraction of sp³-hybridized carbons (Fsp3) is 1.00. The molecule has 0 aromatic carbocycles. The van der Waals surface area contributed by atoms with Gasteiger partial charge in [-0.25, -0.2) is 0 Å². The van der Waals surface area contributed by atoms with Crippen LogP contribution in [-0.4, -0.2) is 40.7 Å². The molecule has 4 aliphatic rings. The van der Waals surface area contributed by atoms with Gasteiger partial charge in [-0.05, 0) is 125 Å². The molecule has 32 heavy (non-hydrogen) atoms. The number of rotatable bonds is 6. The Morgan fingerprint density at radius 3 is 2.38 bits per heavy atom. The van der Waals surface area contributed by atoms with Crippen molar-refractivity contribution in [2.45, 2.75) is 122 Å². The fourth-order valence-electron chi connectivity index (χ4n) is 9.47. The minimum Gasteiger partial charge on any atom is -0.390 e. The molecule has 9 atom stereocenters. The molecule has 0 aromatic heterocycles. The zero-order valence-electron chi connectivity index (χ0n) is 21.8. The summed E-state index contributed by atoms with van der Waals surface area (Å²) in [7, 11) is 1.71. The fourth-order valence-corrected chi connectivity index (χ4v) is 9.47. The first-order chi connectivity index (χ1) is 14.8. The Hall–Kier alpha value is -0.160. The molecule has 0 radical (unpaired) electrons. The van der Waals surface area contributed by atoms with E-state index < -0.39 is 11.2 Å². The largest absolute Gasteiger partial charge is 0.390 e. The summed E-state index contributed by atoms with van der Waals surface area (Å²) in [6.07, 6.45) is 12.3. The molecule has 0 bridgehead atoms. The second kappa shape index (κ2) is 8.21. The van der Waals surface area contributed by atoms with Crippen molar-refractivity contribution in [3.8, 4) is 0 Å². The highest BCUT2D eigenvalue weighted by molar-refractivity contribution is 5.17. The molecule has 4 N–H and O–H groups in total. The Bertz CT molecular complexity index is 691. The molecule has 4 saturated carbocycles. The van der Waals surface area contributed by atoms with Crippen molar-refractivity contribution in [1.29, 1.82) is 0 Å². The number of methoxy groups -OCH3 is 1.